The van der Waals surface area contributed by atoms with Gasteiger partial charge in [-0.05, 0) is 59.8 Å². The van der Waals surface area contributed by atoms with Gasteiger partial charge in [-0.1, -0.05) is 83.1 Å². The average Bonchev–Trinajstić information content (AvgIpc) is 3.08. The molecule has 0 saturated carbocycles. The van der Waals surface area contributed by atoms with Crippen molar-refractivity contribution in [1.82, 2.24) is 0 Å². The third kappa shape index (κ3) is 9.60. The van der Waals surface area contributed by atoms with Crippen LogP contribution in [0.25, 0.3) is 0 Å². The van der Waals surface area contributed by atoms with Gasteiger partial charge >= 0.3 is 5.97 Å². The van der Waals surface area contributed by atoms with Crippen LogP contribution in [0.2, 0.25) is 0 Å². The Morgan fingerprint density at radius 2 is 1.09 bits per heavy atom. The number of rotatable bonds is 8. The van der Waals surface area contributed by atoms with Crippen LogP contribution in [-0.2, 0) is 35.9 Å². The van der Waals surface area contributed by atoms with Gasteiger partial charge < -0.3 is 19.3 Å². The molecule has 0 amide bonds. The molecule has 1 aliphatic heterocycles. The monoisotopic (exact) mass is 658 g/mol. The topological polar surface area (TPSA) is 65.0 Å². The van der Waals surface area contributed by atoms with Crippen LogP contribution in [0.15, 0.2) is 34.1 Å². The second-order valence-corrected chi connectivity index (χ2v) is 21.0. The van der Waals surface area contributed by atoms with Crippen LogP contribution < -0.4 is 4.74 Å². The van der Waals surface area contributed by atoms with Crippen LogP contribution in [0.5, 0.6) is 11.5 Å². The van der Waals surface area contributed by atoms with Crippen LogP contribution in [-0.4, -0.2) is 33.7 Å². The molecular formula is C38H58O5S2. The van der Waals surface area contributed by atoms with Gasteiger partial charge in [-0.25, -0.2) is 4.79 Å². The standard InChI is InChI=1S/C38H58O5S2/c1-33(2,3)25-19-23(20-26(30(25)39)34(4,5)6)44-38(15,16)45-24-21-27(35(7,8)9)31(28(22-24)36(10,11)12)41-18-17-29-32(40)43-37(13,14)42-29/h19-22,29,39H,17-18H2,1-16H3/t29-/m0/s1. The average molecular weight is 659 g/mol. The molecule has 0 spiro atoms. The lowest BCUT2D eigenvalue weighted by atomic mass is 9.79. The molecule has 1 aliphatic rings. The summed E-state index contributed by atoms with van der Waals surface area (Å²) in [5.74, 6) is 0.0604. The molecule has 3 rings (SSSR count). The van der Waals surface area contributed by atoms with Gasteiger partial charge in [-0.15, -0.1) is 23.5 Å². The van der Waals surface area contributed by atoms with E-state index in [0.29, 0.717) is 18.8 Å². The van der Waals surface area contributed by atoms with Crippen LogP contribution in [0, 0.1) is 0 Å². The molecule has 1 atom stereocenters. The summed E-state index contributed by atoms with van der Waals surface area (Å²) in [6.07, 6.45) is -0.198. The first-order valence-corrected chi connectivity index (χ1v) is 17.7. The molecule has 1 N–H and O–H groups in total. The van der Waals surface area contributed by atoms with Crippen molar-refractivity contribution in [1.29, 1.82) is 0 Å². The van der Waals surface area contributed by atoms with Crippen molar-refractivity contribution in [3.05, 3.63) is 46.5 Å². The molecular weight excluding hydrogens is 601 g/mol. The maximum atomic E-state index is 12.3. The second kappa shape index (κ2) is 12.6. The summed E-state index contributed by atoms with van der Waals surface area (Å²) in [4.78, 5) is 14.7. The Kier molecular flexibility index (Phi) is 10.6. The first kappa shape index (κ1) is 37.6. The Bertz CT molecular complexity index is 1330. The number of cyclic esters (lactones) is 1. The van der Waals surface area contributed by atoms with Gasteiger partial charge in [0.05, 0.1) is 10.7 Å². The van der Waals surface area contributed by atoms with Crippen molar-refractivity contribution in [2.45, 2.75) is 165 Å². The molecule has 0 aliphatic carbocycles. The van der Waals surface area contributed by atoms with Crippen LogP contribution in [0.1, 0.15) is 139 Å². The minimum atomic E-state index is -0.901. The summed E-state index contributed by atoms with van der Waals surface area (Å²) in [6, 6.07) is 8.89. The molecule has 5 nitrogen and oxygen atoms in total. The second-order valence-electron chi connectivity index (χ2n) is 17.4. The van der Waals surface area contributed by atoms with E-state index in [4.69, 9.17) is 14.2 Å². The summed E-state index contributed by atoms with van der Waals surface area (Å²) < 4.78 is 17.5. The highest BCUT2D eigenvalue weighted by atomic mass is 32.2. The molecule has 0 aromatic heterocycles. The zero-order valence-electron chi connectivity index (χ0n) is 30.7. The van der Waals surface area contributed by atoms with E-state index >= 15 is 0 Å². The van der Waals surface area contributed by atoms with Gasteiger partial charge in [-0.2, -0.15) is 0 Å². The molecule has 2 aromatic rings. The molecule has 1 saturated heterocycles. The Hall–Kier alpha value is -1.83. The first-order chi connectivity index (χ1) is 20.1. The van der Waals surface area contributed by atoms with Gasteiger partial charge in [0.2, 0.25) is 5.79 Å². The maximum Gasteiger partial charge on any atom is 0.338 e. The normalized spacial score (nSPS) is 17.9. The van der Waals surface area contributed by atoms with E-state index in [1.54, 1.807) is 13.8 Å². The fraction of sp³-hybridized carbons (Fsp3) is 0.658. The molecule has 0 unspecified atom stereocenters. The summed E-state index contributed by atoms with van der Waals surface area (Å²) in [6.45, 7) is 34.6. The number of benzene rings is 2. The number of hydrogen-bond acceptors (Lipinski definition) is 7. The number of aromatic hydroxyl groups is 1. The Morgan fingerprint density at radius 1 is 0.711 bits per heavy atom. The highest BCUT2D eigenvalue weighted by Gasteiger charge is 2.41. The van der Waals surface area contributed by atoms with E-state index in [1.807, 2.05) is 23.5 Å². The van der Waals surface area contributed by atoms with E-state index in [-0.39, 0.29) is 31.7 Å². The third-order valence-electron chi connectivity index (χ3n) is 7.77. The lowest BCUT2D eigenvalue weighted by molar-refractivity contribution is -0.160. The number of hydrogen-bond donors (Lipinski definition) is 1. The minimum absolute atomic E-state index is 0.172. The number of carbonyl (C=O) groups excluding carboxylic acids is 1. The van der Waals surface area contributed by atoms with E-state index in [2.05, 4.69) is 121 Å². The fourth-order valence-electron chi connectivity index (χ4n) is 5.50. The number of carbonyl (C=O) groups is 1. The minimum Gasteiger partial charge on any atom is -0.507 e. The van der Waals surface area contributed by atoms with Crippen LogP contribution in [0.3, 0.4) is 0 Å². The number of thioether (sulfide) groups is 2. The number of ether oxygens (including phenoxy) is 3. The predicted octanol–water partition coefficient (Wildman–Crippen LogP) is 10.6. The van der Waals surface area contributed by atoms with Gasteiger partial charge in [0, 0.05) is 52.3 Å². The highest BCUT2D eigenvalue weighted by molar-refractivity contribution is 8.18. The zero-order chi connectivity index (χ0) is 34.6. The fourth-order valence-corrected chi connectivity index (χ4v) is 8.08. The molecule has 1 heterocycles. The summed E-state index contributed by atoms with van der Waals surface area (Å²) >= 11 is 3.68. The largest absolute Gasteiger partial charge is 0.507 e. The SMILES string of the molecule is CC1(C)OC(=O)[C@H](CCOc2c(C(C)(C)C)cc(SC(C)(C)Sc3cc(C(C)(C)C)c(O)c(C(C)(C)C)c3)cc2C(C)(C)C)O1. The van der Waals surface area contributed by atoms with E-state index in [1.165, 1.54) is 4.90 Å². The molecule has 7 heteroatoms. The number of esters is 1. The predicted molar refractivity (Wildman–Crippen MR) is 190 cm³/mol. The van der Waals surface area contributed by atoms with E-state index in [9.17, 15) is 9.90 Å². The van der Waals surface area contributed by atoms with E-state index in [0.717, 1.165) is 32.9 Å². The summed E-state index contributed by atoms with van der Waals surface area (Å²) in [5, 5.41) is 11.3. The lowest BCUT2D eigenvalue weighted by Gasteiger charge is -2.32. The Balaban J connectivity index is 1.99. The highest BCUT2D eigenvalue weighted by Crippen LogP contribution is 2.51. The van der Waals surface area contributed by atoms with Crippen molar-refractivity contribution >= 4 is 29.5 Å². The molecule has 0 bridgehead atoms. The molecule has 45 heavy (non-hydrogen) atoms. The van der Waals surface area contributed by atoms with Gasteiger partial charge in [-0.3, -0.25) is 0 Å². The lowest BCUT2D eigenvalue weighted by Crippen LogP contribution is -2.24. The van der Waals surface area contributed by atoms with Gasteiger partial charge in [0.1, 0.15) is 11.5 Å². The molecule has 0 radical (unpaired) electrons. The zero-order valence-corrected chi connectivity index (χ0v) is 32.3. The Labute approximate surface area is 282 Å². The molecule has 2 aromatic carbocycles. The van der Waals surface area contributed by atoms with Gasteiger partial charge in [0.25, 0.3) is 0 Å². The van der Waals surface area contributed by atoms with Crippen molar-refractivity contribution in [3.63, 3.8) is 0 Å². The van der Waals surface area contributed by atoms with E-state index < -0.39 is 11.9 Å². The van der Waals surface area contributed by atoms with Crippen molar-refractivity contribution in [2.75, 3.05) is 6.61 Å². The number of phenols is 1. The third-order valence-corrected chi connectivity index (χ3v) is 10.2. The molecule has 252 valence electrons. The summed E-state index contributed by atoms with van der Waals surface area (Å²) in [7, 11) is 0. The summed E-state index contributed by atoms with van der Waals surface area (Å²) in [5.41, 5.74) is 3.53. The number of phenolic OH excluding ortho intramolecular Hbond substituents is 1. The molecule has 1 fully saturated rings. The van der Waals surface area contributed by atoms with Crippen molar-refractivity contribution < 1.29 is 24.1 Å². The van der Waals surface area contributed by atoms with Crippen LogP contribution >= 0.6 is 23.5 Å². The smallest absolute Gasteiger partial charge is 0.338 e. The van der Waals surface area contributed by atoms with Crippen molar-refractivity contribution in [2.24, 2.45) is 0 Å². The van der Waals surface area contributed by atoms with Gasteiger partial charge in [0.15, 0.2) is 6.10 Å². The Morgan fingerprint density at radius 3 is 1.42 bits per heavy atom. The first-order valence-electron chi connectivity index (χ1n) is 16.1. The quantitative estimate of drug-likeness (QED) is 0.172. The maximum absolute atomic E-state index is 12.3. The van der Waals surface area contributed by atoms with Crippen molar-refractivity contribution in [3.8, 4) is 11.5 Å². The van der Waals surface area contributed by atoms with Crippen LogP contribution in [0.4, 0.5) is 0 Å².